The van der Waals surface area contributed by atoms with Crippen molar-refractivity contribution in [2.45, 2.75) is 25.9 Å². The summed E-state index contributed by atoms with van der Waals surface area (Å²) in [5.41, 5.74) is 0.991. The van der Waals surface area contributed by atoms with E-state index in [0.29, 0.717) is 0 Å². The van der Waals surface area contributed by atoms with E-state index >= 15 is 0 Å². The Bertz CT molecular complexity index is 561. The number of rotatable bonds is 3. The van der Waals surface area contributed by atoms with Gasteiger partial charge in [0.05, 0.1) is 12.7 Å². The van der Waals surface area contributed by atoms with E-state index in [4.69, 9.17) is 4.74 Å². The first-order valence-corrected chi connectivity index (χ1v) is 6.91. The van der Waals surface area contributed by atoms with Crippen LogP contribution in [0.2, 0.25) is 0 Å². The number of nitrogens with zero attached hydrogens (tertiary/aromatic N) is 4. The molecular weight excluding hydrogens is 252 g/mol. The van der Waals surface area contributed by atoms with E-state index in [2.05, 4.69) is 19.9 Å². The summed E-state index contributed by atoms with van der Waals surface area (Å²) in [5, 5.41) is 0. The van der Waals surface area contributed by atoms with Gasteiger partial charge >= 0.3 is 0 Å². The van der Waals surface area contributed by atoms with Crippen LogP contribution in [0, 0.1) is 6.92 Å². The van der Waals surface area contributed by atoms with Gasteiger partial charge in [-0.15, -0.1) is 0 Å². The Morgan fingerprint density at radius 3 is 3.10 bits per heavy atom. The van der Waals surface area contributed by atoms with Crippen molar-refractivity contribution in [3.8, 4) is 5.75 Å². The minimum absolute atomic E-state index is 0.184. The second kappa shape index (κ2) is 5.86. The minimum Gasteiger partial charge on any atom is -0.487 e. The van der Waals surface area contributed by atoms with Gasteiger partial charge in [0.2, 0.25) is 0 Å². The van der Waals surface area contributed by atoms with E-state index < -0.39 is 0 Å². The Balaban J connectivity index is 1.67. The summed E-state index contributed by atoms with van der Waals surface area (Å²) in [7, 11) is 0. The van der Waals surface area contributed by atoms with Crippen molar-refractivity contribution < 1.29 is 4.74 Å². The Morgan fingerprint density at radius 1 is 1.35 bits per heavy atom. The van der Waals surface area contributed by atoms with Gasteiger partial charge in [-0.25, -0.2) is 9.97 Å². The fourth-order valence-electron chi connectivity index (χ4n) is 2.47. The molecule has 5 nitrogen and oxygen atoms in total. The molecule has 0 spiro atoms. The third kappa shape index (κ3) is 3.04. The first-order chi connectivity index (χ1) is 9.81. The molecule has 1 atom stereocenters. The molecule has 0 radical (unpaired) electrons. The van der Waals surface area contributed by atoms with Gasteiger partial charge in [-0.3, -0.25) is 4.98 Å². The Labute approximate surface area is 118 Å². The molecule has 20 heavy (non-hydrogen) atoms. The van der Waals surface area contributed by atoms with Crippen LogP contribution in [0.25, 0.3) is 0 Å². The molecule has 0 N–H and O–H groups in total. The molecule has 0 bridgehead atoms. The topological polar surface area (TPSA) is 51.1 Å². The van der Waals surface area contributed by atoms with Crippen LogP contribution >= 0.6 is 0 Å². The first-order valence-electron chi connectivity index (χ1n) is 6.91. The average Bonchev–Trinajstić information content (AvgIpc) is 2.49. The number of aromatic nitrogens is 3. The van der Waals surface area contributed by atoms with E-state index in [0.717, 1.165) is 43.2 Å². The second-order valence-electron chi connectivity index (χ2n) is 5.03. The van der Waals surface area contributed by atoms with E-state index in [9.17, 15) is 0 Å². The third-order valence-corrected chi connectivity index (χ3v) is 3.43. The summed E-state index contributed by atoms with van der Waals surface area (Å²) in [6, 6.07) is 5.86. The van der Waals surface area contributed by atoms with Gasteiger partial charge in [0, 0.05) is 24.5 Å². The Morgan fingerprint density at radius 2 is 2.30 bits per heavy atom. The van der Waals surface area contributed by atoms with Gasteiger partial charge in [-0.2, -0.15) is 0 Å². The molecule has 1 aliphatic rings. The first kappa shape index (κ1) is 12.8. The molecule has 0 aliphatic carbocycles. The lowest BCUT2D eigenvalue weighted by atomic mass is 10.1. The van der Waals surface area contributed by atoms with Crippen LogP contribution in [0.4, 0.5) is 5.82 Å². The van der Waals surface area contributed by atoms with Crippen LogP contribution < -0.4 is 9.64 Å². The number of anilines is 1. The number of ether oxygens (including phenoxy) is 1. The highest BCUT2D eigenvalue weighted by atomic mass is 16.5. The fraction of sp³-hybridized carbons (Fsp3) is 0.400. The van der Waals surface area contributed by atoms with Crippen molar-refractivity contribution in [2.75, 3.05) is 18.0 Å². The van der Waals surface area contributed by atoms with Crippen LogP contribution in [0.5, 0.6) is 5.75 Å². The van der Waals surface area contributed by atoms with Gasteiger partial charge in [0.25, 0.3) is 0 Å². The highest BCUT2D eigenvalue weighted by Crippen LogP contribution is 2.21. The van der Waals surface area contributed by atoms with Crippen LogP contribution in [0.15, 0.2) is 36.9 Å². The van der Waals surface area contributed by atoms with Gasteiger partial charge in [-0.1, -0.05) is 0 Å². The molecular formula is C15H18N4O. The monoisotopic (exact) mass is 270 g/mol. The lowest BCUT2D eigenvalue weighted by molar-refractivity contribution is 0.178. The summed E-state index contributed by atoms with van der Waals surface area (Å²) in [6.07, 6.45) is 7.49. The molecule has 5 heteroatoms. The van der Waals surface area contributed by atoms with E-state index in [1.54, 1.807) is 18.7 Å². The molecule has 3 rings (SSSR count). The normalized spacial score (nSPS) is 18.9. The predicted octanol–water partition coefficient (Wildman–Crippen LogP) is 2.23. The molecule has 2 aromatic rings. The highest BCUT2D eigenvalue weighted by molar-refractivity contribution is 5.39. The SMILES string of the molecule is Cc1cc(N2CCCC(Oc3cccnc3)C2)ncn1. The predicted molar refractivity (Wildman–Crippen MR) is 76.9 cm³/mol. The van der Waals surface area contributed by atoms with Crippen molar-refractivity contribution in [3.05, 3.63) is 42.6 Å². The standard InChI is InChI=1S/C15H18N4O/c1-12-8-15(18-11-17-12)19-7-3-5-14(10-19)20-13-4-2-6-16-9-13/h2,4,6,8-9,11,14H,3,5,7,10H2,1H3. The van der Waals surface area contributed by atoms with E-state index in [-0.39, 0.29) is 6.10 Å². The molecule has 2 aromatic heterocycles. The second-order valence-corrected chi connectivity index (χ2v) is 5.03. The highest BCUT2D eigenvalue weighted by Gasteiger charge is 2.22. The number of aryl methyl sites for hydroxylation is 1. The largest absolute Gasteiger partial charge is 0.487 e. The van der Waals surface area contributed by atoms with Crippen molar-refractivity contribution in [3.63, 3.8) is 0 Å². The van der Waals surface area contributed by atoms with Crippen LogP contribution in [-0.4, -0.2) is 34.1 Å². The van der Waals surface area contributed by atoms with Gasteiger partial charge < -0.3 is 9.64 Å². The van der Waals surface area contributed by atoms with Crippen molar-refractivity contribution >= 4 is 5.82 Å². The average molecular weight is 270 g/mol. The van der Waals surface area contributed by atoms with Crippen molar-refractivity contribution in [2.24, 2.45) is 0 Å². The van der Waals surface area contributed by atoms with Crippen molar-refractivity contribution in [1.29, 1.82) is 0 Å². The van der Waals surface area contributed by atoms with Crippen LogP contribution in [-0.2, 0) is 0 Å². The van der Waals surface area contributed by atoms with Gasteiger partial charge in [0.15, 0.2) is 0 Å². The van der Waals surface area contributed by atoms with Crippen LogP contribution in [0.1, 0.15) is 18.5 Å². The maximum Gasteiger partial charge on any atom is 0.138 e. The number of pyridine rings is 1. The summed E-state index contributed by atoms with van der Waals surface area (Å²) in [5.74, 6) is 1.82. The maximum atomic E-state index is 5.99. The molecule has 1 unspecified atom stereocenters. The van der Waals surface area contributed by atoms with Crippen molar-refractivity contribution in [1.82, 2.24) is 15.0 Å². The van der Waals surface area contributed by atoms with Gasteiger partial charge in [0.1, 0.15) is 24.0 Å². The molecule has 1 aliphatic heterocycles. The molecule has 1 saturated heterocycles. The lowest BCUT2D eigenvalue weighted by Crippen LogP contribution is -2.41. The summed E-state index contributed by atoms with van der Waals surface area (Å²) in [6.45, 7) is 3.85. The zero-order chi connectivity index (χ0) is 13.8. The van der Waals surface area contributed by atoms with Gasteiger partial charge in [-0.05, 0) is 31.9 Å². The number of hydrogen-bond donors (Lipinski definition) is 0. The number of piperidine rings is 1. The quantitative estimate of drug-likeness (QED) is 0.856. The van der Waals surface area contributed by atoms with E-state index in [1.165, 1.54) is 0 Å². The molecule has 104 valence electrons. The Kier molecular flexibility index (Phi) is 3.76. The van der Waals surface area contributed by atoms with E-state index in [1.807, 2.05) is 25.1 Å². The summed E-state index contributed by atoms with van der Waals surface area (Å²) < 4.78 is 5.99. The zero-order valence-corrected chi connectivity index (χ0v) is 11.6. The fourth-order valence-corrected chi connectivity index (χ4v) is 2.47. The van der Waals surface area contributed by atoms with Crippen LogP contribution in [0.3, 0.4) is 0 Å². The number of hydrogen-bond acceptors (Lipinski definition) is 5. The molecule has 0 amide bonds. The Hall–Kier alpha value is -2.17. The molecule has 0 saturated carbocycles. The third-order valence-electron chi connectivity index (χ3n) is 3.43. The molecule has 3 heterocycles. The molecule has 1 fully saturated rings. The smallest absolute Gasteiger partial charge is 0.138 e. The summed E-state index contributed by atoms with van der Waals surface area (Å²) in [4.78, 5) is 14.8. The maximum absolute atomic E-state index is 5.99. The molecule has 0 aromatic carbocycles. The lowest BCUT2D eigenvalue weighted by Gasteiger charge is -2.33. The summed E-state index contributed by atoms with van der Waals surface area (Å²) >= 11 is 0. The minimum atomic E-state index is 0.184. The zero-order valence-electron chi connectivity index (χ0n) is 11.6.